The van der Waals surface area contributed by atoms with Crippen LogP contribution < -0.4 is 0 Å². The fourth-order valence-electron chi connectivity index (χ4n) is 1.66. The van der Waals surface area contributed by atoms with Gasteiger partial charge in [0.25, 0.3) is 0 Å². The summed E-state index contributed by atoms with van der Waals surface area (Å²) in [5, 5.41) is 19.2. The first kappa shape index (κ1) is 9.89. The maximum absolute atomic E-state index is 10.8. The Morgan fingerprint density at radius 1 is 1.40 bits per heavy atom. The average molecular weight is 205 g/mol. The molecule has 0 bridgehead atoms. The second kappa shape index (κ2) is 3.84. The van der Waals surface area contributed by atoms with Crippen molar-refractivity contribution in [3.63, 3.8) is 0 Å². The highest BCUT2D eigenvalue weighted by atomic mass is 16.3. The minimum Gasteiger partial charge on any atom is -0.392 e. The predicted octanol–water partition coefficient (Wildman–Crippen LogP) is 0.937. The summed E-state index contributed by atoms with van der Waals surface area (Å²) < 4.78 is 1.49. The summed E-state index contributed by atoms with van der Waals surface area (Å²) in [5.41, 5.74) is 1.25. The molecule has 0 saturated carbocycles. The third-order valence-corrected chi connectivity index (χ3v) is 2.38. The molecule has 0 aliphatic rings. The Balaban J connectivity index is 2.70. The van der Waals surface area contributed by atoms with Crippen molar-refractivity contribution in [2.75, 3.05) is 6.61 Å². The SMILES string of the molecule is O=Cc1cn(C(O)CO)c2ccccc12. The van der Waals surface area contributed by atoms with Gasteiger partial charge in [0.15, 0.2) is 12.5 Å². The molecule has 2 N–H and O–H groups in total. The van der Waals surface area contributed by atoms with Crippen LogP contribution in [0.1, 0.15) is 16.6 Å². The number of aliphatic hydroxyl groups excluding tert-OH is 2. The van der Waals surface area contributed by atoms with Gasteiger partial charge in [-0.15, -0.1) is 0 Å². The third kappa shape index (κ3) is 1.54. The van der Waals surface area contributed by atoms with Gasteiger partial charge in [0.2, 0.25) is 0 Å². The van der Waals surface area contributed by atoms with Crippen molar-refractivity contribution in [2.45, 2.75) is 6.23 Å². The molecule has 0 aliphatic carbocycles. The molecule has 1 heterocycles. The molecule has 4 nitrogen and oxygen atoms in total. The van der Waals surface area contributed by atoms with Crippen LogP contribution in [0.5, 0.6) is 0 Å². The molecule has 0 aliphatic heterocycles. The fourth-order valence-corrected chi connectivity index (χ4v) is 1.66. The number of carbonyl (C=O) groups is 1. The monoisotopic (exact) mass is 205 g/mol. The maximum atomic E-state index is 10.8. The molecular formula is C11H11NO3. The summed E-state index contributed by atoms with van der Waals surface area (Å²) in [6.45, 7) is -0.378. The van der Waals surface area contributed by atoms with Gasteiger partial charge in [-0.1, -0.05) is 18.2 Å². The molecule has 0 fully saturated rings. The average Bonchev–Trinajstić information content (AvgIpc) is 2.67. The number of carbonyl (C=O) groups excluding carboxylic acids is 1. The number of hydrogen-bond acceptors (Lipinski definition) is 3. The van der Waals surface area contributed by atoms with Crippen LogP contribution in [0.4, 0.5) is 0 Å². The molecule has 0 spiro atoms. The van der Waals surface area contributed by atoms with E-state index in [1.807, 2.05) is 12.1 Å². The first-order valence-electron chi connectivity index (χ1n) is 4.61. The zero-order valence-corrected chi connectivity index (χ0v) is 8.00. The lowest BCUT2D eigenvalue weighted by atomic mass is 10.2. The van der Waals surface area contributed by atoms with Gasteiger partial charge in [-0.2, -0.15) is 0 Å². The first-order valence-corrected chi connectivity index (χ1v) is 4.61. The van der Waals surface area contributed by atoms with E-state index in [4.69, 9.17) is 5.11 Å². The number of fused-ring (bicyclic) bond motifs is 1. The van der Waals surface area contributed by atoms with Crippen molar-refractivity contribution in [1.82, 2.24) is 4.57 Å². The summed E-state index contributed by atoms with van der Waals surface area (Å²) in [4.78, 5) is 10.8. The Kier molecular flexibility index (Phi) is 2.53. The molecule has 2 aromatic rings. The molecule has 78 valence electrons. The Morgan fingerprint density at radius 3 is 2.80 bits per heavy atom. The van der Waals surface area contributed by atoms with Gasteiger partial charge in [0.05, 0.1) is 12.1 Å². The Bertz CT molecular complexity index is 490. The Labute approximate surface area is 86.4 Å². The molecule has 0 amide bonds. The molecule has 0 saturated heterocycles. The summed E-state index contributed by atoms with van der Waals surface area (Å²) in [6, 6.07) is 7.24. The molecule has 4 heteroatoms. The van der Waals surface area contributed by atoms with E-state index in [2.05, 4.69) is 0 Å². The fraction of sp³-hybridized carbons (Fsp3) is 0.182. The van der Waals surface area contributed by atoms with Crippen molar-refractivity contribution in [3.8, 4) is 0 Å². The van der Waals surface area contributed by atoms with Gasteiger partial charge in [-0.05, 0) is 6.07 Å². The Morgan fingerprint density at radius 2 is 2.13 bits per heavy atom. The van der Waals surface area contributed by atoms with E-state index in [1.165, 1.54) is 4.57 Å². The van der Waals surface area contributed by atoms with Gasteiger partial charge < -0.3 is 14.8 Å². The van der Waals surface area contributed by atoms with Crippen molar-refractivity contribution in [1.29, 1.82) is 0 Å². The van der Waals surface area contributed by atoms with Gasteiger partial charge in [0.1, 0.15) is 0 Å². The summed E-state index contributed by atoms with van der Waals surface area (Å²) in [6.07, 6.45) is 1.27. The molecule has 2 rings (SSSR count). The van der Waals surface area contributed by atoms with Crippen LogP contribution in [0.2, 0.25) is 0 Å². The van der Waals surface area contributed by atoms with E-state index in [9.17, 15) is 9.90 Å². The van der Waals surface area contributed by atoms with Crippen LogP contribution in [-0.4, -0.2) is 27.7 Å². The van der Waals surface area contributed by atoms with E-state index >= 15 is 0 Å². The molecule has 1 aromatic carbocycles. The maximum Gasteiger partial charge on any atom is 0.154 e. The third-order valence-electron chi connectivity index (χ3n) is 2.38. The molecular weight excluding hydrogens is 194 g/mol. The zero-order chi connectivity index (χ0) is 10.8. The highest BCUT2D eigenvalue weighted by Crippen LogP contribution is 2.22. The van der Waals surface area contributed by atoms with Gasteiger partial charge in [-0.25, -0.2) is 0 Å². The molecule has 15 heavy (non-hydrogen) atoms. The summed E-state index contributed by atoms with van der Waals surface area (Å²) in [5.74, 6) is 0. The highest BCUT2D eigenvalue weighted by molar-refractivity contribution is 5.97. The first-order chi connectivity index (χ1) is 7.27. The topological polar surface area (TPSA) is 62.5 Å². The van der Waals surface area contributed by atoms with Crippen molar-refractivity contribution < 1.29 is 15.0 Å². The number of aliphatic hydroxyl groups is 2. The van der Waals surface area contributed by atoms with E-state index < -0.39 is 6.23 Å². The summed E-state index contributed by atoms with van der Waals surface area (Å²) in [7, 11) is 0. The molecule has 1 atom stereocenters. The van der Waals surface area contributed by atoms with E-state index in [0.717, 1.165) is 17.2 Å². The lowest BCUT2D eigenvalue weighted by Crippen LogP contribution is -2.10. The van der Waals surface area contributed by atoms with Crippen LogP contribution in [-0.2, 0) is 0 Å². The number of aromatic nitrogens is 1. The minimum absolute atomic E-state index is 0.378. The van der Waals surface area contributed by atoms with E-state index in [-0.39, 0.29) is 6.61 Å². The van der Waals surface area contributed by atoms with Gasteiger partial charge >= 0.3 is 0 Å². The predicted molar refractivity (Wildman–Crippen MR) is 55.7 cm³/mol. The molecule has 0 radical (unpaired) electrons. The lowest BCUT2D eigenvalue weighted by molar-refractivity contribution is 0.0426. The highest BCUT2D eigenvalue weighted by Gasteiger charge is 2.11. The number of aldehydes is 1. The zero-order valence-electron chi connectivity index (χ0n) is 8.00. The largest absolute Gasteiger partial charge is 0.392 e. The quantitative estimate of drug-likeness (QED) is 0.733. The summed E-state index contributed by atoms with van der Waals surface area (Å²) >= 11 is 0. The van der Waals surface area contributed by atoms with Crippen LogP contribution in [0.15, 0.2) is 30.5 Å². The number of rotatable bonds is 3. The van der Waals surface area contributed by atoms with Crippen LogP contribution in [0.3, 0.4) is 0 Å². The van der Waals surface area contributed by atoms with Crippen LogP contribution >= 0.6 is 0 Å². The van der Waals surface area contributed by atoms with Gasteiger partial charge in [0, 0.05) is 17.1 Å². The number of benzene rings is 1. The van der Waals surface area contributed by atoms with Crippen molar-refractivity contribution in [3.05, 3.63) is 36.0 Å². The second-order valence-corrected chi connectivity index (χ2v) is 3.29. The number of para-hydroxylation sites is 1. The van der Waals surface area contributed by atoms with E-state index in [0.29, 0.717) is 5.56 Å². The van der Waals surface area contributed by atoms with Crippen molar-refractivity contribution >= 4 is 17.2 Å². The number of nitrogens with zero attached hydrogens (tertiary/aromatic N) is 1. The van der Waals surface area contributed by atoms with Gasteiger partial charge in [-0.3, -0.25) is 4.79 Å². The second-order valence-electron chi connectivity index (χ2n) is 3.29. The Hall–Kier alpha value is -1.65. The normalized spacial score (nSPS) is 12.9. The van der Waals surface area contributed by atoms with Crippen LogP contribution in [0.25, 0.3) is 10.9 Å². The van der Waals surface area contributed by atoms with Crippen molar-refractivity contribution in [2.24, 2.45) is 0 Å². The lowest BCUT2D eigenvalue weighted by Gasteiger charge is -2.10. The standard InChI is InChI=1S/C11H11NO3/c13-6-8-5-12(11(15)7-14)10-4-2-1-3-9(8)10/h1-6,11,14-15H,7H2. The van der Waals surface area contributed by atoms with Crippen LogP contribution in [0, 0.1) is 0 Å². The number of hydrogen-bond donors (Lipinski definition) is 2. The molecule has 1 aromatic heterocycles. The minimum atomic E-state index is -1.01. The smallest absolute Gasteiger partial charge is 0.154 e. The molecule has 1 unspecified atom stereocenters. The van der Waals surface area contributed by atoms with E-state index in [1.54, 1.807) is 18.3 Å².